The zero-order valence-electron chi connectivity index (χ0n) is 16.9. The van der Waals surface area contributed by atoms with Crippen molar-refractivity contribution < 1.29 is 4.79 Å². The molecule has 0 radical (unpaired) electrons. The molecule has 30 heavy (non-hydrogen) atoms. The second-order valence-electron chi connectivity index (χ2n) is 7.17. The van der Waals surface area contributed by atoms with Crippen LogP contribution in [0.1, 0.15) is 19.4 Å². The van der Waals surface area contributed by atoms with Crippen molar-refractivity contribution in [1.29, 1.82) is 0 Å². The van der Waals surface area contributed by atoms with Gasteiger partial charge in [0.05, 0.1) is 6.20 Å². The molecule has 3 N–H and O–H groups in total. The molecule has 0 bridgehead atoms. The summed E-state index contributed by atoms with van der Waals surface area (Å²) < 4.78 is 0. The van der Waals surface area contributed by atoms with Gasteiger partial charge in [0.2, 0.25) is 11.9 Å². The highest BCUT2D eigenvalue weighted by atomic mass is 35.5. The van der Waals surface area contributed by atoms with Crippen LogP contribution >= 0.6 is 11.6 Å². The Balaban J connectivity index is 1.81. The fourth-order valence-electron chi connectivity index (χ4n) is 2.90. The van der Waals surface area contributed by atoms with Gasteiger partial charge >= 0.3 is 0 Å². The Kier molecular flexibility index (Phi) is 7.03. The van der Waals surface area contributed by atoms with Gasteiger partial charge in [-0.1, -0.05) is 56.3 Å². The summed E-state index contributed by atoms with van der Waals surface area (Å²) >= 11 is 6.33. The highest BCUT2D eigenvalue weighted by Crippen LogP contribution is 2.28. The number of para-hydroxylation sites is 1. The lowest BCUT2D eigenvalue weighted by Crippen LogP contribution is -2.07. The van der Waals surface area contributed by atoms with Crippen LogP contribution in [0.4, 0.5) is 28.8 Å². The second kappa shape index (κ2) is 9.89. The van der Waals surface area contributed by atoms with Gasteiger partial charge < -0.3 is 16.0 Å². The van der Waals surface area contributed by atoms with Gasteiger partial charge in [-0.25, -0.2) is 4.98 Å². The number of hydrogen-bond donors (Lipinski definition) is 3. The zero-order valence-corrected chi connectivity index (χ0v) is 17.7. The molecule has 0 aliphatic rings. The number of carbonyl (C=O) groups excluding carboxylic acids is 1. The number of nitrogens with one attached hydrogen (secondary N) is 3. The van der Waals surface area contributed by atoms with Gasteiger partial charge in [-0.05, 0) is 48.2 Å². The maximum atomic E-state index is 11.5. The lowest BCUT2D eigenvalue weighted by Gasteiger charge is -2.15. The number of rotatable bonds is 8. The molecular weight excluding hydrogens is 398 g/mol. The van der Waals surface area contributed by atoms with E-state index in [-0.39, 0.29) is 5.91 Å². The molecule has 1 heterocycles. The third kappa shape index (κ3) is 5.81. The van der Waals surface area contributed by atoms with Gasteiger partial charge in [0, 0.05) is 17.1 Å². The standard InChI is InChI=1S/C23H24ClN5O/c1-4-21(30)26-17-9-7-10-18(13-17)27-23-25-14-19(24)22(29-23)28-20-11-6-5-8-16(20)12-15(2)3/h4-11,13-15H,1,12H2,2-3H3,(H,26,30)(H2,25,27,28,29). The number of hydrogen-bond acceptors (Lipinski definition) is 5. The molecule has 2 aromatic carbocycles. The highest BCUT2D eigenvalue weighted by molar-refractivity contribution is 6.32. The number of halogens is 1. The third-order valence-corrected chi connectivity index (χ3v) is 4.49. The summed E-state index contributed by atoms with van der Waals surface area (Å²) in [6, 6.07) is 15.3. The van der Waals surface area contributed by atoms with Crippen LogP contribution in [0.25, 0.3) is 0 Å². The van der Waals surface area contributed by atoms with Crippen molar-refractivity contribution in [2.75, 3.05) is 16.0 Å². The quantitative estimate of drug-likeness (QED) is 0.392. The topological polar surface area (TPSA) is 78.9 Å². The van der Waals surface area contributed by atoms with Crippen molar-refractivity contribution in [2.24, 2.45) is 5.92 Å². The van der Waals surface area contributed by atoms with Crippen LogP contribution in [0, 0.1) is 5.92 Å². The summed E-state index contributed by atoms with van der Waals surface area (Å²) in [5.41, 5.74) is 3.53. The van der Waals surface area contributed by atoms with E-state index in [9.17, 15) is 4.79 Å². The minimum absolute atomic E-state index is 0.276. The maximum absolute atomic E-state index is 11.5. The van der Waals surface area contributed by atoms with E-state index in [2.05, 4.69) is 52.4 Å². The minimum Gasteiger partial charge on any atom is -0.339 e. The maximum Gasteiger partial charge on any atom is 0.247 e. The SMILES string of the molecule is C=CC(=O)Nc1cccc(Nc2ncc(Cl)c(Nc3ccccc3CC(C)C)n2)c1. The number of anilines is 5. The average Bonchev–Trinajstić information content (AvgIpc) is 2.71. The second-order valence-corrected chi connectivity index (χ2v) is 7.58. The molecule has 0 unspecified atom stereocenters. The highest BCUT2D eigenvalue weighted by Gasteiger charge is 2.10. The van der Waals surface area contributed by atoms with E-state index >= 15 is 0 Å². The third-order valence-electron chi connectivity index (χ3n) is 4.21. The van der Waals surface area contributed by atoms with Crippen LogP contribution < -0.4 is 16.0 Å². The minimum atomic E-state index is -0.276. The van der Waals surface area contributed by atoms with Gasteiger partial charge in [0.15, 0.2) is 5.82 Å². The molecule has 3 rings (SSSR count). The van der Waals surface area contributed by atoms with E-state index in [0.29, 0.717) is 28.4 Å². The van der Waals surface area contributed by atoms with E-state index < -0.39 is 0 Å². The molecule has 3 aromatic rings. The van der Waals surface area contributed by atoms with Gasteiger partial charge in [-0.2, -0.15) is 4.98 Å². The van der Waals surface area contributed by atoms with Crippen molar-refractivity contribution >= 4 is 46.3 Å². The smallest absolute Gasteiger partial charge is 0.247 e. The Morgan fingerprint density at radius 3 is 2.67 bits per heavy atom. The van der Waals surface area contributed by atoms with E-state index in [1.807, 2.05) is 30.3 Å². The molecule has 0 aliphatic heterocycles. The Labute approximate surface area is 181 Å². The van der Waals surface area contributed by atoms with E-state index in [1.165, 1.54) is 11.6 Å². The molecule has 0 aliphatic carbocycles. The molecule has 0 saturated carbocycles. The van der Waals surface area contributed by atoms with Crippen LogP contribution in [-0.2, 0) is 11.2 Å². The van der Waals surface area contributed by atoms with Gasteiger partial charge in [0.1, 0.15) is 5.02 Å². The predicted molar refractivity (Wildman–Crippen MR) is 124 cm³/mol. The predicted octanol–water partition coefficient (Wildman–Crippen LogP) is 5.94. The van der Waals surface area contributed by atoms with E-state index in [4.69, 9.17) is 11.6 Å². The fraction of sp³-hybridized carbons (Fsp3) is 0.174. The molecule has 0 fully saturated rings. The Bertz CT molecular complexity index is 1050. The van der Waals surface area contributed by atoms with Crippen molar-refractivity contribution in [3.63, 3.8) is 0 Å². The van der Waals surface area contributed by atoms with E-state index in [1.54, 1.807) is 18.3 Å². The van der Waals surface area contributed by atoms with Crippen LogP contribution in [0.3, 0.4) is 0 Å². The molecule has 7 heteroatoms. The summed E-state index contributed by atoms with van der Waals surface area (Å²) in [7, 11) is 0. The first kappa shape index (κ1) is 21.3. The number of amides is 1. The molecule has 0 spiro atoms. The van der Waals surface area contributed by atoms with Crippen LogP contribution in [-0.4, -0.2) is 15.9 Å². The van der Waals surface area contributed by atoms with Crippen LogP contribution in [0.15, 0.2) is 67.4 Å². The number of carbonyl (C=O) groups is 1. The van der Waals surface area contributed by atoms with Crippen molar-refractivity contribution in [2.45, 2.75) is 20.3 Å². The fourth-order valence-corrected chi connectivity index (χ4v) is 3.04. The van der Waals surface area contributed by atoms with Gasteiger partial charge in [0.25, 0.3) is 0 Å². The summed E-state index contributed by atoms with van der Waals surface area (Å²) in [5.74, 6) is 1.15. The first-order valence-corrected chi connectivity index (χ1v) is 10.0. The summed E-state index contributed by atoms with van der Waals surface area (Å²) in [5, 5.41) is 9.61. The zero-order chi connectivity index (χ0) is 21.5. The van der Waals surface area contributed by atoms with Crippen molar-refractivity contribution in [3.05, 3.63) is 78.0 Å². The number of nitrogens with zero attached hydrogens (tertiary/aromatic N) is 2. The monoisotopic (exact) mass is 421 g/mol. The molecule has 6 nitrogen and oxygen atoms in total. The summed E-state index contributed by atoms with van der Waals surface area (Å²) in [6.07, 6.45) is 3.71. The molecule has 1 amide bonds. The van der Waals surface area contributed by atoms with Crippen LogP contribution in [0.5, 0.6) is 0 Å². The largest absolute Gasteiger partial charge is 0.339 e. The Hall–Kier alpha value is -3.38. The molecule has 0 saturated heterocycles. The normalized spacial score (nSPS) is 10.5. The van der Waals surface area contributed by atoms with Crippen molar-refractivity contribution in [1.82, 2.24) is 9.97 Å². The average molecular weight is 422 g/mol. The first-order chi connectivity index (χ1) is 14.4. The lowest BCUT2D eigenvalue weighted by molar-refractivity contribution is -0.111. The first-order valence-electron chi connectivity index (χ1n) is 9.62. The molecular formula is C23H24ClN5O. The molecule has 154 valence electrons. The van der Waals surface area contributed by atoms with Gasteiger partial charge in [-0.15, -0.1) is 0 Å². The lowest BCUT2D eigenvalue weighted by atomic mass is 10.0. The summed E-state index contributed by atoms with van der Waals surface area (Å²) in [6.45, 7) is 7.82. The Morgan fingerprint density at radius 1 is 1.13 bits per heavy atom. The summed E-state index contributed by atoms with van der Waals surface area (Å²) in [4.78, 5) is 20.3. The Morgan fingerprint density at radius 2 is 1.90 bits per heavy atom. The van der Waals surface area contributed by atoms with Crippen LogP contribution in [0.2, 0.25) is 5.02 Å². The number of aromatic nitrogens is 2. The van der Waals surface area contributed by atoms with E-state index in [0.717, 1.165) is 17.8 Å². The van der Waals surface area contributed by atoms with Gasteiger partial charge in [-0.3, -0.25) is 4.79 Å². The molecule has 0 atom stereocenters. The number of benzene rings is 2. The molecule has 1 aromatic heterocycles. The van der Waals surface area contributed by atoms with Crippen molar-refractivity contribution in [3.8, 4) is 0 Å².